The van der Waals surface area contributed by atoms with E-state index in [-0.39, 0.29) is 24.4 Å². The van der Waals surface area contributed by atoms with Gasteiger partial charge >= 0.3 is 0 Å². The Balaban J connectivity index is 0.00000200. The van der Waals surface area contributed by atoms with Crippen LogP contribution in [0.3, 0.4) is 0 Å². The fourth-order valence-corrected chi connectivity index (χ4v) is 2.85. The average molecular weight is 297 g/mol. The van der Waals surface area contributed by atoms with Crippen LogP contribution in [-0.4, -0.2) is 11.9 Å². The third kappa shape index (κ3) is 4.80. The lowest BCUT2D eigenvalue weighted by Crippen LogP contribution is -2.40. The van der Waals surface area contributed by atoms with Gasteiger partial charge in [0.25, 0.3) is 0 Å². The van der Waals surface area contributed by atoms with Gasteiger partial charge < -0.3 is 11.1 Å². The molecule has 0 aromatic heterocycles. The lowest BCUT2D eigenvalue weighted by molar-refractivity contribution is -0.122. The maximum atomic E-state index is 11.9. The van der Waals surface area contributed by atoms with E-state index in [9.17, 15) is 4.79 Å². The number of benzene rings is 1. The number of nitrogens with one attached hydrogen (secondary N) is 1. The Morgan fingerprint density at radius 1 is 1.30 bits per heavy atom. The summed E-state index contributed by atoms with van der Waals surface area (Å²) in [5, 5.41) is 3.10. The minimum absolute atomic E-state index is 0. The number of nitrogens with two attached hydrogens (primary N) is 1. The van der Waals surface area contributed by atoms with Crippen LogP contribution in [0.25, 0.3) is 0 Å². The quantitative estimate of drug-likeness (QED) is 0.877. The molecule has 3 N–H and O–H groups in total. The number of carbonyl (C=O) groups is 1. The van der Waals surface area contributed by atoms with Crippen LogP contribution in [0.2, 0.25) is 0 Å². The number of amides is 1. The highest BCUT2D eigenvalue weighted by Gasteiger charge is 2.23. The van der Waals surface area contributed by atoms with Gasteiger partial charge in [-0.2, -0.15) is 0 Å². The van der Waals surface area contributed by atoms with Crippen LogP contribution in [0.15, 0.2) is 30.3 Å². The molecule has 2 atom stereocenters. The summed E-state index contributed by atoms with van der Waals surface area (Å²) < 4.78 is 0. The third-order valence-corrected chi connectivity index (χ3v) is 3.98. The second kappa shape index (κ2) is 8.28. The van der Waals surface area contributed by atoms with E-state index in [0.29, 0.717) is 0 Å². The first-order valence-electron chi connectivity index (χ1n) is 7.27. The normalized spacial score (nSPS) is 18.1. The zero-order valence-electron chi connectivity index (χ0n) is 12.0. The van der Waals surface area contributed by atoms with Crippen LogP contribution in [0.5, 0.6) is 0 Å². The van der Waals surface area contributed by atoms with Gasteiger partial charge in [-0.1, -0.05) is 56.0 Å². The molecule has 1 amide bonds. The Bertz CT molecular complexity index is 402. The van der Waals surface area contributed by atoms with Crippen molar-refractivity contribution in [2.75, 3.05) is 0 Å². The Morgan fingerprint density at radius 3 is 2.45 bits per heavy atom. The van der Waals surface area contributed by atoms with Crippen molar-refractivity contribution < 1.29 is 4.79 Å². The highest BCUT2D eigenvalue weighted by Crippen LogP contribution is 2.32. The van der Waals surface area contributed by atoms with Crippen LogP contribution in [0.1, 0.15) is 50.6 Å². The summed E-state index contributed by atoms with van der Waals surface area (Å²) in [5.41, 5.74) is 6.84. The first-order chi connectivity index (χ1) is 9.16. The second-order valence-corrected chi connectivity index (χ2v) is 5.65. The Morgan fingerprint density at radius 2 is 1.90 bits per heavy atom. The Hall–Kier alpha value is -1.06. The standard InChI is InChI=1S/C16H24N2O.ClH/c1-12(17)16(19)18-15(11-13-7-5-6-8-13)14-9-3-2-4-10-14;/h2-4,9-10,12-13,15H,5-8,11,17H2,1H3,(H,18,19);1H. The molecule has 0 saturated heterocycles. The molecule has 0 spiro atoms. The van der Waals surface area contributed by atoms with Crippen LogP contribution in [0, 0.1) is 5.92 Å². The zero-order valence-corrected chi connectivity index (χ0v) is 12.9. The number of rotatable bonds is 5. The van der Waals surface area contributed by atoms with Crippen molar-refractivity contribution in [2.45, 2.75) is 51.1 Å². The molecular formula is C16H25ClN2O. The highest BCUT2D eigenvalue weighted by molar-refractivity contribution is 5.85. The van der Waals surface area contributed by atoms with E-state index >= 15 is 0 Å². The molecule has 0 heterocycles. The summed E-state index contributed by atoms with van der Waals surface area (Å²) in [6, 6.07) is 9.87. The first-order valence-corrected chi connectivity index (χ1v) is 7.27. The van der Waals surface area contributed by atoms with Gasteiger partial charge in [0.15, 0.2) is 0 Å². The van der Waals surface area contributed by atoms with Crippen molar-refractivity contribution in [1.29, 1.82) is 0 Å². The number of carbonyl (C=O) groups excluding carboxylic acids is 1. The Labute approximate surface area is 127 Å². The van der Waals surface area contributed by atoms with Crippen molar-refractivity contribution in [1.82, 2.24) is 5.32 Å². The van der Waals surface area contributed by atoms with Gasteiger partial charge in [0.1, 0.15) is 0 Å². The van der Waals surface area contributed by atoms with Crippen molar-refractivity contribution >= 4 is 18.3 Å². The van der Waals surface area contributed by atoms with Gasteiger partial charge in [0.05, 0.1) is 12.1 Å². The van der Waals surface area contributed by atoms with Crippen LogP contribution < -0.4 is 11.1 Å². The van der Waals surface area contributed by atoms with E-state index in [0.717, 1.165) is 12.3 Å². The maximum Gasteiger partial charge on any atom is 0.237 e. The molecule has 1 aliphatic rings. The molecule has 3 nitrogen and oxygen atoms in total. The van der Waals surface area contributed by atoms with E-state index in [2.05, 4.69) is 17.4 Å². The SMILES string of the molecule is CC(N)C(=O)NC(CC1CCCC1)c1ccccc1.Cl. The van der Waals surface area contributed by atoms with Crippen molar-refractivity contribution in [3.63, 3.8) is 0 Å². The second-order valence-electron chi connectivity index (χ2n) is 5.65. The largest absolute Gasteiger partial charge is 0.348 e. The first kappa shape index (κ1) is 17.0. The van der Waals surface area contributed by atoms with E-state index in [1.807, 2.05) is 18.2 Å². The van der Waals surface area contributed by atoms with Crippen molar-refractivity contribution in [3.8, 4) is 0 Å². The van der Waals surface area contributed by atoms with Gasteiger partial charge in [-0.25, -0.2) is 0 Å². The molecule has 2 rings (SSSR count). The summed E-state index contributed by atoms with van der Waals surface area (Å²) in [6.45, 7) is 1.73. The van der Waals surface area contributed by atoms with E-state index in [1.54, 1.807) is 6.92 Å². The van der Waals surface area contributed by atoms with Gasteiger partial charge in [0, 0.05) is 0 Å². The molecule has 4 heteroatoms. The minimum Gasteiger partial charge on any atom is -0.348 e. The molecule has 0 aliphatic heterocycles. The van der Waals surface area contributed by atoms with Gasteiger partial charge in [-0.05, 0) is 24.8 Å². The van der Waals surface area contributed by atoms with Crippen LogP contribution in [0.4, 0.5) is 0 Å². The summed E-state index contributed by atoms with van der Waals surface area (Å²) in [4.78, 5) is 11.9. The predicted octanol–water partition coefficient (Wildman–Crippen LogP) is 3.19. The average Bonchev–Trinajstić information content (AvgIpc) is 2.91. The highest BCUT2D eigenvalue weighted by atomic mass is 35.5. The lowest BCUT2D eigenvalue weighted by atomic mass is 9.93. The van der Waals surface area contributed by atoms with Crippen molar-refractivity contribution in [2.24, 2.45) is 11.7 Å². The predicted molar refractivity (Wildman–Crippen MR) is 84.8 cm³/mol. The molecule has 1 aliphatic carbocycles. The Kier molecular flexibility index (Phi) is 7.03. The van der Waals surface area contributed by atoms with Gasteiger partial charge in [-0.15, -0.1) is 12.4 Å². The van der Waals surface area contributed by atoms with E-state index in [1.165, 1.54) is 31.2 Å². The number of halogens is 1. The molecule has 112 valence electrons. The van der Waals surface area contributed by atoms with Crippen molar-refractivity contribution in [3.05, 3.63) is 35.9 Å². The minimum atomic E-state index is -0.449. The lowest BCUT2D eigenvalue weighted by Gasteiger charge is -2.23. The molecule has 0 radical (unpaired) electrons. The molecule has 1 saturated carbocycles. The summed E-state index contributed by atoms with van der Waals surface area (Å²) in [6.07, 6.45) is 6.26. The number of hydrogen-bond acceptors (Lipinski definition) is 2. The summed E-state index contributed by atoms with van der Waals surface area (Å²) in [5.74, 6) is 0.672. The topological polar surface area (TPSA) is 55.1 Å². The fraction of sp³-hybridized carbons (Fsp3) is 0.562. The maximum absolute atomic E-state index is 11.9. The zero-order chi connectivity index (χ0) is 13.7. The van der Waals surface area contributed by atoms with Crippen LogP contribution in [-0.2, 0) is 4.79 Å². The monoisotopic (exact) mass is 296 g/mol. The van der Waals surface area contributed by atoms with Gasteiger partial charge in [0.2, 0.25) is 5.91 Å². The number of hydrogen-bond donors (Lipinski definition) is 2. The molecule has 0 bridgehead atoms. The third-order valence-electron chi connectivity index (χ3n) is 3.98. The molecule has 1 aromatic carbocycles. The molecule has 2 unspecified atom stereocenters. The molecule has 20 heavy (non-hydrogen) atoms. The van der Waals surface area contributed by atoms with Gasteiger partial charge in [-0.3, -0.25) is 4.79 Å². The smallest absolute Gasteiger partial charge is 0.237 e. The van der Waals surface area contributed by atoms with E-state index < -0.39 is 6.04 Å². The molecule has 1 fully saturated rings. The van der Waals surface area contributed by atoms with Crippen LogP contribution >= 0.6 is 12.4 Å². The summed E-state index contributed by atoms with van der Waals surface area (Å²) in [7, 11) is 0. The van der Waals surface area contributed by atoms with E-state index in [4.69, 9.17) is 5.73 Å². The fourth-order valence-electron chi connectivity index (χ4n) is 2.85. The molecular weight excluding hydrogens is 272 g/mol. The summed E-state index contributed by atoms with van der Waals surface area (Å²) >= 11 is 0. The molecule has 1 aromatic rings.